The molecule has 4 heteroatoms. The molecule has 0 radical (unpaired) electrons. The van der Waals surface area contributed by atoms with Gasteiger partial charge in [-0.1, -0.05) is 6.08 Å². The molecule has 0 saturated heterocycles. The van der Waals surface area contributed by atoms with Crippen LogP contribution in [0, 0.1) is 0 Å². The summed E-state index contributed by atoms with van der Waals surface area (Å²) in [6.07, 6.45) is 0.662. The lowest BCUT2D eigenvalue weighted by Crippen LogP contribution is -1.97. The molecule has 1 heterocycles. The summed E-state index contributed by atoms with van der Waals surface area (Å²) in [5.74, 6) is 1.81. The molecule has 1 aliphatic heterocycles. The van der Waals surface area contributed by atoms with Crippen LogP contribution in [0.2, 0.25) is 0 Å². The summed E-state index contributed by atoms with van der Waals surface area (Å²) in [4.78, 5) is 0. The van der Waals surface area contributed by atoms with Gasteiger partial charge in [-0.3, -0.25) is 0 Å². The van der Waals surface area contributed by atoms with Crippen molar-refractivity contribution in [2.45, 2.75) is 6.10 Å². The van der Waals surface area contributed by atoms with Crippen molar-refractivity contribution in [2.75, 3.05) is 13.9 Å². The molecular formula is C11H12O4. The summed E-state index contributed by atoms with van der Waals surface area (Å²) in [5.41, 5.74) is 0.622. The van der Waals surface area contributed by atoms with Gasteiger partial charge >= 0.3 is 0 Å². The maximum absolute atomic E-state index is 9.68. The van der Waals surface area contributed by atoms with E-state index in [0.717, 1.165) is 0 Å². The van der Waals surface area contributed by atoms with Crippen molar-refractivity contribution < 1.29 is 19.3 Å². The number of ether oxygens (including phenoxy) is 3. The Balaban J connectivity index is 2.48. The van der Waals surface area contributed by atoms with Crippen LogP contribution in [0.3, 0.4) is 0 Å². The first-order valence-electron chi connectivity index (χ1n) is 4.54. The third-order valence-electron chi connectivity index (χ3n) is 2.27. The van der Waals surface area contributed by atoms with E-state index >= 15 is 0 Å². The number of benzene rings is 1. The topological polar surface area (TPSA) is 47.9 Å². The minimum Gasteiger partial charge on any atom is -0.496 e. The summed E-state index contributed by atoms with van der Waals surface area (Å²) in [6, 6.07) is 3.40. The highest BCUT2D eigenvalue weighted by Crippen LogP contribution is 2.40. The van der Waals surface area contributed by atoms with Crippen LogP contribution in [-0.2, 0) is 0 Å². The highest BCUT2D eigenvalue weighted by atomic mass is 16.7. The molecule has 1 aliphatic rings. The zero-order valence-corrected chi connectivity index (χ0v) is 8.40. The van der Waals surface area contributed by atoms with Crippen molar-refractivity contribution >= 4 is 0 Å². The van der Waals surface area contributed by atoms with Gasteiger partial charge in [0.2, 0.25) is 6.79 Å². The lowest BCUT2D eigenvalue weighted by atomic mass is 10.1. The quantitative estimate of drug-likeness (QED) is 0.767. The molecule has 1 aromatic rings. The predicted molar refractivity (Wildman–Crippen MR) is 54.3 cm³/mol. The largest absolute Gasteiger partial charge is 0.496 e. The highest BCUT2D eigenvalue weighted by Gasteiger charge is 2.20. The molecule has 2 rings (SSSR count). The number of hydrogen-bond acceptors (Lipinski definition) is 4. The maximum Gasteiger partial charge on any atom is 0.231 e. The van der Waals surface area contributed by atoms with E-state index in [1.807, 2.05) is 0 Å². The van der Waals surface area contributed by atoms with Gasteiger partial charge < -0.3 is 19.3 Å². The van der Waals surface area contributed by atoms with Crippen LogP contribution >= 0.6 is 0 Å². The van der Waals surface area contributed by atoms with E-state index in [1.54, 1.807) is 12.1 Å². The normalized spacial score (nSPS) is 14.8. The highest BCUT2D eigenvalue weighted by molar-refractivity contribution is 5.53. The Morgan fingerprint density at radius 3 is 2.73 bits per heavy atom. The molecule has 1 atom stereocenters. The zero-order valence-electron chi connectivity index (χ0n) is 8.40. The minimum absolute atomic E-state index is 0.201. The van der Waals surface area contributed by atoms with E-state index in [9.17, 15) is 5.11 Å². The van der Waals surface area contributed by atoms with E-state index in [-0.39, 0.29) is 6.79 Å². The van der Waals surface area contributed by atoms with Gasteiger partial charge in [-0.2, -0.15) is 0 Å². The first-order chi connectivity index (χ1) is 7.26. The Bertz CT molecular complexity index is 386. The smallest absolute Gasteiger partial charge is 0.231 e. The molecule has 0 spiro atoms. The van der Waals surface area contributed by atoms with Gasteiger partial charge in [0.15, 0.2) is 11.5 Å². The second kappa shape index (κ2) is 3.82. The van der Waals surface area contributed by atoms with Crippen LogP contribution < -0.4 is 14.2 Å². The lowest BCUT2D eigenvalue weighted by Gasteiger charge is -2.12. The van der Waals surface area contributed by atoms with Gasteiger partial charge in [0, 0.05) is 11.6 Å². The Kier molecular flexibility index (Phi) is 2.51. The van der Waals surface area contributed by atoms with Crippen LogP contribution in [0.1, 0.15) is 11.7 Å². The number of hydrogen-bond donors (Lipinski definition) is 1. The Morgan fingerprint density at radius 2 is 2.13 bits per heavy atom. The van der Waals surface area contributed by atoms with Crippen LogP contribution in [0.25, 0.3) is 0 Å². The number of rotatable bonds is 3. The third kappa shape index (κ3) is 1.64. The van der Waals surface area contributed by atoms with Crippen LogP contribution in [0.4, 0.5) is 0 Å². The van der Waals surface area contributed by atoms with Crippen LogP contribution in [0.15, 0.2) is 24.8 Å². The monoisotopic (exact) mass is 208 g/mol. The lowest BCUT2D eigenvalue weighted by molar-refractivity contribution is 0.173. The number of methoxy groups -OCH3 is 1. The summed E-state index contributed by atoms with van der Waals surface area (Å²) < 4.78 is 15.6. The molecular weight excluding hydrogens is 196 g/mol. The van der Waals surface area contributed by atoms with Gasteiger partial charge in [0.1, 0.15) is 11.9 Å². The fourth-order valence-electron chi connectivity index (χ4n) is 1.47. The summed E-state index contributed by atoms with van der Waals surface area (Å²) >= 11 is 0. The minimum atomic E-state index is -0.769. The first kappa shape index (κ1) is 9.86. The van der Waals surface area contributed by atoms with Crippen LogP contribution in [0.5, 0.6) is 17.2 Å². The molecule has 0 bridgehead atoms. The molecule has 1 aromatic carbocycles. The third-order valence-corrected chi connectivity index (χ3v) is 2.27. The SMILES string of the molecule is C=CC(O)c1cc2c(cc1OC)OCO2. The molecule has 0 saturated carbocycles. The van der Waals surface area contributed by atoms with Gasteiger partial charge in [-0.15, -0.1) is 6.58 Å². The molecule has 4 nitrogen and oxygen atoms in total. The molecule has 1 unspecified atom stereocenters. The molecule has 80 valence electrons. The van der Waals surface area contributed by atoms with Crippen LogP contribution in [-0.4, -0.2) is 19.0 Å². The number of aliphatic hydroxyl groups excluding tert-OH is 1. The Morgan fingerprint density at radius 1 is 1.47 bits per heavy atom. The van der Waals surface area contributed by atoms with Crippen molar-refractivity contribution in [3.05, 3.63) is 30.4 Å². The van der Waals surface area contributed by atoms with E-state index in [0.29, 0.717) is 22.8 Å². The van der Waals surface area contributed by atoms with E-state index < -0.39 is 6.10 Å². The number of fused-ring (bicyclic) bond motifs is 1. The second-order valence-electron chi connectivity index (χ2n) is 3.13. The molecule has 0 amide bonds. The van der Waals surface area contributed by atoms with Gasteiger partial charge in [0.05, 0.1) is 7.11 Å². The van der Waals surface area contributed by atoms with E-state index in [2.05, 4.69) is 6.58 Å². The maximum atomic E-state index is 9.68. The zero-order chi connectivity index (χ0) is 10.8. The molecule has 0 aromatic heterocycles. The fraction of sp³-hybridized carbons (Fsp3) is 0.273. The average Bonchev–Trinajstić information content (AvgIpc) is 2.73. The summed E-state index contributed by atoms with van der Waals surface area (Å²) in [5, 5.41) is 9.68. The number of aliphatic hydroxyl groups is 1. The van der Waals surface area contributed by atoms with Crippen molar-refractivity contribution in [3.8, 4) is 17.2 Å². The van der Waals surface area contributed by atoms with Gasteiger partial charge in [-0.05, 0) is 6.07 Å². The molecule has 0 aliphatic carbocycles. The van der Waals surface area contributed by atoms with E-state index in [1.165, 1.54) is 13.2 Å². The molecule has 1 N–H and O–H groups in total. The molecule has 15 heavy (non-hydrogen) atoms. The van der Waals surface area contributed by atoms with Gasteiger partial charge in [0.25, 0.3) is 0 Å². The predicted octanol–water partition coefficient (Wildman–Crippen LogP) is 1.64. The van der Waals surface area contributed by atoms with Crippen molar-refractivity contribution in [1.29, 1.82) is 0 Å². The van der Waals surface area contributed by atoms with Crippen molar-refractivity contribution in [3.63, 3.8) is 0 Å². The first-order valence-corrected chi connectivity index (χ1v) is 4.54. The average molecular weight is 208 g/mol. The van der Waals surface area contributed by atoms with Crippen molar-refractivity contribution in [1.82, 2.24) is 0 Å². The van der Waals surface area contributed by atoms with E-state index in [4.69, 9.17) is 14.2 Å². The summed E-state index contributed by atoms with van der Waals surface area (Å²) in [7, 11) is 1.54. The Labute approximate surface area is 87.7 Å². The standard InChI is InChI=1S/C11H12O4/c1-3-8(12)7-4-10-11(15-6-14-10)5-9(7)13-2/h3-5,8,12H,1,6H2,2H3. The van der Waals surface area contributed by atoms with Gasteiger partial charge in [-0.25, -0.2) is 0 Å². The van der Waals surface area contributed by atoms with Crippen molar-refractivity contribution in [2.24, 2.45) is 0 Å². The fourth-order valence-corrected chi connectivity index (χ4v) is 1.47. The second-order valence-corrected chi connectivity index (χ2v) is 3.13. The Hall–Kier alpha value is -1.68. The molecule has 0 fully saturated rings. The summed E-state index contributed by atoms with van der Waals surface area (Å²) in [6.45, 7) is 3.73.